The number of fused-ring (bicyclic) bond motifs is 2. The van der Waals surface area contributed by atoms with Gasteiger partial charge in [0.05, 0.1) is 21.3 Å². The Bertz CT molecular complexity index is 1190. The fourth-order valence-electron chi connectivity index (χ4n) is 3.14. The van der Waals surface area contributed by atoms with Gasteiger partial charge < -0.3 is 15.6 Å². The largest absolute Gasteiger partial charge is 0.368 e. The Hall–Kier alpha value is -3.45. The third-order valence-electron chi connectivity index (χ3n) is 4.56. The maximum atomic E-state index is 4.55. The summed E-state index contributed by atoms with van der Waals surface area (Å²) in [5.74, 6) is 1.66. The molecule has 0 spiro atoms. The molecule has 0 amide bonds. The van der Waals surface area contributed by atoms with E-state index in [1.54, 1.807) is 17.7 Å². The Morgan fingerprint density at radius 3 is 2.60 bits per heavy atom. The van der Waals surface area contributed by atoms with Crippen molar-refractivity contribution in [2.24, 2.45) is 0 Å². The molecule has 0 aliphatic heterocycles. The van der Waals surface area contributed by atoms with Crippen LogP contribution in [0.4, 0.5) is 17.5 Å². The number of imidazole rings is 1. The minimum Gasteiger partial charge on any atom is -0.368 e. The summed E-state index contributed by atoms with van der Waals surface area (Å²) in [6.45, 7) is 4.82. The molecule has 6 nitrogen and oxygen atoms in total. The van der Waals surface area contributed by atoms with Crippen molar-refractivity contribution in [2.45, 2.75) is 20.3 Å². The number of nitrogens with zero attached hydrogens (tertiary/aromatic N) is 3. The van der Waals surface area contributed by atoms with Gasteiger partial charge >= 0.3 is 0 Å². The number of thiophene rings is 1. The zero-order valence-corrected chi connectivity index (χ0v) is 17.8. The van der Waals surface area contributed by atoms with Crippen molar-refractivity contribution in [3.63, 3.8) is 0 Å². The Morgan fingerprint density at radius 2 is 1.77 bits per heavy atom. The molecule has 0 saturated carbocycles. The van der Waals surface area contributed by atoms with Crippen LogP contribution in [0.25, 0.3) is 21.3 Å². The lowest BCUT2D eigenvalue weighted by Gasteiger charge is -2.07. The second-order valence-corrected chi connectivity index (χ2v) is 7.37. The SMILES string of the molecule is CC.c1ccc2[nH]c(Nc3ccc(CCNc4ncnc5ccsc45)cc3)nc2c1. The van der Waals surface area contributed by atoms with Crippen molar-refractivity contribution in [1.82, 2.24) is 19.9 Å². The van der Waals surface area contributed by atoms with E-state index in [4.69, 9.17) is 0 Å². The van der Waals surface area contributed by atoms with Gasteiger partial charge in [-0.15, -0.1) is 11.3 Å². The molecule has 5 aromatic rings. The number of rotatable bonds is 6. The highest BCUT2D eigenvalue weighted by Crippen LogP contribution is 2.24. The van der Waals surface area contributed by atoms with E-state index in [9.17, 15) is 0 Å². The van der Waals surface area contributed by atoms with Crippen LogP contribution in [-0.2, 0) is 6.42 Å². The van der Waals surface area contributed by atoms with Crippen molar-refractivity contribution >= 4 is 50.0 Å². The maximum absolute atomic E-state index is 4.55. The Kier molecular flexibility index (Phi) is 6.20. The molecule has 0 saturated heterocycles. The molecule has 3 aromatic heterocycles. The molecule has 0 fully saturated rings. The molecule has 30 heavy (non-hydrogen) atoms. The van der Waals surface area contributed by atoms with Gasteiger partial charge in [0.25, 0.3) is 0 Å². The van der Waals surface area contributed by atoms with Crippen LogP contribution >= 0.6 is 11.3 Å². The van der Waals surface area contributed by atoms with Crippen LogP contribution in [0.15, 0.2) is 66.3 Å². The standard InChI is InChI=1S/C21H18N6S.C2H6/c1-2-4-17-16(3-1)26-21(27-17)25-15-7-5-14(6-8-15)9-11-22-20-19-18(10-12-28-19)23-13-24-20;1-2/h1-8,10,12-13H,9,11H2,(H,22,23,24)(H2,25,26,27);1-2H3. The first kappa shape index (κ1) is 19.8. The number of H-pyrrole nitrogens is 1. The molecule has 0 bridgehead atoms. The Morgan fingerprint density at radius 1 is 0.933 bits per heavy atom. The van der Waals surface area contributed by atoms with Crippen LogP contribution in [0.3, 0.4) is 0 Å². The van der Waals surface area contributed by atoms with Gasteiger partial charge in [0.15, 0.2) is 0 Å². The third kappa shape index (κ3) is 4.41. The van der Waals surface area contributed by atoms with Crippen LogP contribution in [-0.4, -0.2) is 26.5 Å². The lowest BCUT2D eigenvalue weighted by atomic mass is 10.1. The molecule has 0 unspecified atom stereocenters. The molecule has 0 atom stereocenters. The van der Waals surface area contributed by atoms with Crippen LogP contribution in [0.5, 0.6) is 0 Å². The summed E-state index contributed by atoms with van der Waals surface area (Å²) in [4.78, 5) is 16.5. The molecular weight excluding hydrogens is 392 g/mol. The van der Waals surface area contributed by atoms with Crippen LogP contribution in [0, 0.1) is 0 Å². The number of hydrogen-bond donors (Lipinski definition) is 3. The first-order chi connectivity index (χ1) is 14.8. The van der Waals surface area contributed by atoms with E-state index >= 15 is 0 Å². The van der Waals surface area contributed by atoms with Gasteiger partial charge in [-0.3, -0.25) is 0 Å². The Labute approximate surface area is 179 Å². The molecule has 152 valence electrons. The lowest BCUT2D eigenvalue weighted by Crippen LogP contribution is -2.06. The van der Waals surface area contributed by atoms with E-state index < -0.39 is 0 Å². The summed E-state index contributed by atoms with van der Waals surface area (Å²) in [6.07, 6.45) is 2.53. The van der Waals surface area contributed by atoms with Gasteiger partial charge in [-0.1, -0.05) is 38.1 Å². The number of anilines is 3. The number of nitrogens with one attached hydrogen (secondary N) is 3. The van der Waals surface area contributed by atoms with Gasteiger partial charge in [-0.2, -0.15) is 0 Å². The molecule has 0 aliphatic carbocycles. The summed E-state index contributed by atoms with van der Waals surface area (Å²) in [6, 6.07) is 18.4. The Balaban J connectivity index is 0.00000106. The topological polar surface area (TPSA) is 78.5 Å². The van der Waals surface area contributed by atoms with Gasteiger partial charge in [-0.25, -0.2) is 15.0 Å². The highest BCUT2D eigenvalue weighted by Gasteiger charge is 2.05. The van der Waals surface area contributed by atoms with E-state index in [-0.39, 0.29) is 0 Å². The molecule has 7 heteroatoms. The first-order valence-electron chi connectivity index (χ1n) is 10.1. The first-order valence-corrected chi connectivity index (χ1v) is 11.0. The van der Waals surface area contributed by atoms with Crippen molar-refractivity contribution in [1.29, 1.82) is 0 Å². The van der Waals surface area contributed by atoms with Crippen molar-refractivity contribution < 1.29 is 0 Å². The predicted octanol–water partition coefficient (Wildman–Crippen LogP) is 5.99. The zero-order valence-electron chi connectivity index (χ0n) is 17.0. The van der Waals surface area contributed by atoms with E-state index in [1.165, 1.54) is 5.56 Å². The number of benzene rings is 2. The zero-order chi connectivity index (χ0) is 20.8. The summed E-state index contributed by atoms with van der Waals surface area (Å²) in [5, 5.41) is 8.78. The fourth-order valence-corrected chi connectivity index (χ4v) is 3.95. The van der Waals surface area contributed by atoms with Crippen LogP contribution in [0.2, 0.25) is 0 Å². The molecule has 2 aromatic carbocycles. The van der Waals surface area contributed by atoms with Gasteiger partial charge in [0.2, 0.25) is 5.95 Å². The predicted molar refractivity (Wildman–Crippen MR) is 127 cm³/mol. The number of aromatic amines is 1. The summed E-state index contributed by atoms with van der Waals surface area (Å²) in [5.41, 5.74) is 5.24. The average molecular weight is 417 g/mol. The summed E-state index contributed by atoms with van der Waals surface area (Å²) < 4.78 is 1.10. The fraction of sp³-hybridized carbons (Fsp3) is 0.174. The number of aromatic nitrogens is 4. The molecule has 0 radical (unpaired) electrons. The van der Waals surface area contributed by atoms with E-state index in [1.807, 2.05) is 49.6 Å². The molecular formula is C23H24N6S. The smallest absolute Gasteiger partial charge is 0.205 e. The van der Waals surface area contributed by atoms with Crippen molar-refractivity contribution in [2.75, 3.05) is 17.2 Å². The minimum absolute atomic E-state index is 0.749. The molecule has 0 aliphatic rings. The van der Waals surface area contributed by atoms with E-state index in [0.29, 0.717) is 0 Å². The van der Waals surface area contributed by atoms with E-state index in [2.05, 4.69) is 54.8 Å². The van der Waals surface area contributed by atoms with Crippen molar-refractivity contribution in [3.05, 3.63) is 71.9 Å². The number of hydrogen-bond acceptors (Lipinski definition) is 6. The highest BCUT2D eigenvalue weighted by atomic mass is 32.1. The highest BCUT2D eigenvalue weighted by molar-refractivity contribution is 7.17. The second kappa shape index (κ2) is 9.37. The third-order valence-corrected chi connectivity index (χ3v) is 5.47. The molecule has 3 heterocycles. The monoisotopic (exact) mass is 416 g/mol. The minimum atomic E-state index is 0.749. The second-order valence-electron chi connectivity index (χ2n) is 6.46. The summed E-state index contributed by atoms with van der Waals surface area (Å²) >= 11 is 1.66. The van der Waals surface area contributed by atoms with Gasteiger partial charge in [-0.05, 0) is 47.7 Å². The van der Waals surface area contributed by atoms with Gasteiger partial charge in [0.1, 0.15) is 12.1 Å². The quantitative estimate of drug-likeness (QED) is 0.317. The van der Waals surface area contributed by atoms with Crippen LogP contribution < -0.4 is 10.6 Å². The van der Waals surface area contributed by atoms with Crippen LogP contribution in [0.1, 0.15) is 19.4 Å². The van der Waals surface area contributed by atoms with E-state index in [0.717, 1.165) is 51.7 Å². The average Bonchev–Trinajstić information content (AvgIpc) is 3.43. The van der Waals surface area contributed by atoms with Crippen molar-refractivity contribution in [3.8, 4) is 0 Å². The summed E-state index contributed by atoms with van der Waals surface area (Å²) in [7, 11) is 0. The normalized spacial score (nSPS) is 10.6. The molecule has 3 N–H and O–H groups in total. The molecule has 5 rings (SSSR count). The van der Waals surface area contributed by atoms with Gasteiger partial charge in [0, 0.05) is 12.2 Å². The number of para-hydroxylation sites is 2. The maximum Gasteiger partial charge on any atom is 0.205 e. The lowest BCUT2D eigenvalue weighted by molar-refractivity contribution is 1.01.